The van der Waals surface area contributed by atoms with Crippen LogP contribution in [0.1, 0.15) is 18.9 Å². The van der Waals surface area contributed by atoms with E-state index < -0.39 is 6.10 Å². The van der Waals surface area contributed by atoms with Crippen molar-refractivity contribution in [2.75, 3.05) is 0 Å². The van der Waals surface area contributed by atoms with E-state index in [1.807, 2.05) is 85.8 Å². The highest BCUT2D eigenvalue weighted by Crippen LogP contribution is 2.21. The van der Waals surface area contributed by atoms with Crippen LogP contribution in [0.5, 0.6) is 17.2 Å². The van der Waals surface area contributed by atoms with Gasteiger partial charge in [0.2, 0.25) is 0 Å². The first-order valence-corrected chi connectivity index (χ1v) is 10.0. The van der Waals surface area contributed by atoms with E-state index in [4.69, 9.17) is 9.47 Å². The Labute approximate surface area is 178 Å². The van der Waals surface area contributed by atoms with Crippen molar-refractivity contribution in [1.82, 2.24) is 5.43 Å². The predicted octanol–water partition coefficient (Wildman–Crippen LogP) is 5.55. The van der Waals surface area contributed by atoms with E-state index in [0.29, 0.717) is 17.9 Å². The third-order valence-electron chi connectivity index (χ3n) is 3.96. The molecule has 0 aliphatic heterocycles. The van der Waals surface area contributed by atoms with Gasteiger partial charge < -0.3 is 9.47 Å². The lowest BCUT2D eigenvalue weighted by atomic mass is 10.2. The quantitative estimate of drug-likeness (QED) is 0.360. The Morgan fingerprint density at radius 2 is 1.72 bits per heavy atom. The van der Waals surface area contributed by atoms with Gasteiger partial charge in [-0.2, -0.15) is 5.10 Å². The number of para-hydroxylation sites is 1. The second-order valence-corrected chi connectivity index (χ2v) is 7.11. The van der Waals surface area contributed by atoms with Gasteiger partial charge in [0.05, 0.1) is 6.21 Å². The van der Waals surface area contributed by atoms with Crippen molar-refractivity contribution in [3.63, 3.8) is 0 Å². The Kier molecular flexibility index (Phi) is 7.41. The van der Waals surface area contributed by atoms with Crippen LogP contribution in [0.3, 0.4) is 0 Å². The first-order valence-electron chi connectivity index (χ1n) is 9.22. The van der Waals surface area contributed by atoms with E-state index in [1.54, 1.807) is 6.21 Å². The summed E-state index contributed by atoms with van der Waals surface area (Å²) in [5, 5.41) is 4.05. The van der Waals surface area contributed by atoms with Crippen LogP contribution in [0.15, 0.2) is 88.4 Å². The van der Waals surface area contributed by atoms with Gasteiger partial charge in [-0.05, 0) is 54.4 Å². The lowest BCUT2D eigenvalue weighted by Gasteiger charge is -2.15. The zero-order valence-electron chi connectivity index (χ0n) is 15.9. The van der Waals surface area contributed by atoms with E-state index in [9.17, 15) is 4.79 Å². The van der Waals surface area contributed by atoms with Gasteiger partial charge in [-0.15, -0.1) is 0 Å². The molecule has 0 fully saturated rings. The molecule has 3 aromatic rings. The van der Waals surface area contributed by atoms with Gasteiger partial charge in [-0.1, -0.05) is 59.3 Å². The number of hydrogen-bond acceptors (Lipinski definition) is 4. The van der Waals surface area contributed by atoms with Crippen molar-refractivity contribution in [2.24, 2.45) is 5.10 Å². The van der Waals surface area contributed by atoms with E-state index in [-0.39, 0.29) is 5.91 Å². The molecule has 3 rings (SSSR count). The molecular formula is C23H21BrN2O3. The van der Waals surface area contributed by atoms with Gasteiger partial charge in [-0.3, -0.25) is 4.79 Å². The number of nitrogens with zero attached hydrogens (tertiary/aromatic N) is 1. The number of benzene rings is 3. The number of rotatable bonds is 8. The van der Waals surface area contributed by atoms with Crippen LogP contribution in [0.4, 0.5) is 0 Å². The molecular weight excluding hydrogens is 432 g/mol. The van der Waals surface area contributed by atoms with Crippen LogP contribution in [0, 0.1) is 0 Å². The number of nitrogens with one attached hydrogen (secondary N) is 1. The first kappa shape index (κ1) is 20.6. The van der Waals surface area contributed by atoms with Crippen LogP contribution in [0.25, 0.3) is 0 Å². The summed E-state index contributed by atoms with van der Waals surface area (Å²) in [7, 11) is 0. The molecule has 6 heteroatoms. The van der Waals surface area contributed by atoms with Gasteiger partial charge in [0.1, 0.15) is 17.2 Å². The van der Waals surface area contributed by atoms with Gasteiger partial charge in [0.25, 0.3) is 5.91 Å². The Morgan fingerprint density at radius 1 is 1.00 bits per heavy atom. The number of carbonyl (C=O) groups excluding carboxylic acids is 1. The van der Waals surface area contributed by atoms with Crippen molar-refractivity contribution >= 4 is 28.1 Å². The Balaban J connectivity index is 1.58. The molecule has 0 saturated heterocycles. The van der Waals surface area contributed by atoms with E-state index >= 15 is 0 Å². The number of halogens is 1. The number of amides is 1. The lowest BCUT2D eigenvalue weighted by Crippen LogP contribution is -2.35. The molecule has 0 bridgehead atoms. The second-order valence-electron chi connectivity index (χ2n) is 6.19. The average molecular weight is 453 g/mol. The second kappa shape index (κ2) is 10.4. The van der Waals surface area contributed by atoms with E-state index in [1.165, 1.54) is 0 Å². The molecule has 0 radical (unpaired) electrons. The molecule has 0 spiro atoms. The highest BCUT2D eigenvalue weighted by Gasteiger charge is 2.17. The summed E-state index contributed by atoms with van der Waals surface area (Å²) < 4.78 is 12.5. The van der Waals surface area contributed by atoms with Gasteiger partial charge in [0.15, 0.2) is 6.10 Å². The summed E-state index contributed by atoms with van der Waals surface area (Å²) in [5.41, 5.74) is 3.34. The maximum Gasteiger partial charge on any atom is 0.281 e. The summed E-state index contributed by atoms with van der Waals surface area (Å²) in [6.45, 7) is 1.89. The summed E-state index contributed by atoms with van der Waals surface area (Å²) in [6, 6.07) is 24.4. The van der Waals surface area contributed by atoms with Crippen LogP contribution in [0.2, 0.25) is 0 Å². The van der Waals surface area contributed by atoms with Crippen molar-refractivity contribution in [3.8, 4) is 17.2 Å². The largest absolute Gasteiger partial charge is 0.481 e. The molecule has 1 N–H and O–H groups in total. The smallest absolute Gasteiger partial charge is 0.281 e. The summed E-state index contributed by atoms with van der Waals surface area (Å²) in [6.07, 6.45) is 1.46. The van der Waals surface area contributed by atoms with Crippen molar-refractivity contribution in [1.29, 1.82) is 0 Å². The van der Waals surface area contributed by atoms with Crippen LogP contribution in [-0.2, 0) is 4.79 Å². The standard InChI is InChI=1S/C23H21BrN2O3/c1-2-22(29-21-13-7-9-18(24)15-21)23(27)26-25-16-17-8-6-12-20(14-17)28-19-10-4-3-5-11-19/h3-16,22H,2H2,1H3,(H,26,27)/b25-16-/t22-/m1/s1. The zero-order chi connectivity index (χ0) is 20.5. The predicted molar refractivity (Wildman–Crippen MR) is 118 cm³/mol. The minimum Gasteiger partial charge on any atom is -0.481 e. The molecule has 3 aromatic carbocycles. The fourth-order valence-corrected chi connectivity index (χ4v) is 2.93. The average Bonchev–Trinajstić information content (AvgIpc) is 2.73. The van der Waals surface area contributed by atoms with Crippen LogP contribution < -0.4 is 14.9 Å². The number of hydrogen-bond donors (Lipinski definition) is 1. The lowest BCUT2D eigenvalue weighted by molar-refractivity contribution is -0.128. The molecule has 0 aliphatic carbocycles. The normalized spacial score (nSPS) is 11.8. The highest BCUT2D eigenvalue weighted by molar-refractivity contribution is 9.10. The molecule has 1 atom stereocenters. The maximum absolute atomic E-state index is 12.4. The zero-order valence-corrected chi connectivity index (χ0v) is 17.5. The topological polar surface area (TPSA) is 59.9 Å². The molecule has 1 amide bonds. The highest BCUT2D eigenvalue weighted by atomic mass is 79.9. The van der Waals surface area contributed by atoms with Crippen molar-refractivity contribution < 1.29 is 14.3 Å². The number of ether oxygens (including phenoxy) is 2. The van der Waals surface area contributed by atoms with Crippen LogP contribution in [-0.4, -0.2) is 18.2 Å². The molecule has 0 aliphatic rings. The monoisotopic (exact) mass is 452 g/mol. The van der Waals surface area contributed by atoms with Gasteiger partial charge in [0, 0.05) is 4.47 Å². The molecule has 5 nitrogen and oxygen atoms in total. The maximum atomic E-state index is 12.4. The first-order chi connectivity index (χ1) is 14.1. The Bertz CT molecular complexity index is 977. The third-order valence-corrected chi connectivity index (χ3v) is 4.46. The molecule has 0 aromatic heterocycles. The third kappa shape index (κ3) is 6.47. The Morgan fingerprint density at radius 3 is 2.48 bits per heavy atom. The Hall–Kier alpha value is -3.12. The molecule has 0 saturated carbocycles. The number of carbonyl (C=O) groups is 1. The minimum atomic E-state index is -0.630. The summed E-state index contributed by atoms with van der Waals surface area (Å²) in [4.78, 5) is 12.4. The van der Waals surface area contributed by atoms with E-state index in [2.05, 4.69) is 26.5 Å². The van der Waals surface area contributed by atoms with Crippen LogP contribution >= 0.6 is 15.9 Å². The summed E-state index contributed by atoms with van der Waals surface area (Å²) >= 11 is 3.39. The van der Waals surface area contributed by atoms with Crippen molar-refractivity contribution in [3.05, 3.63) is 88.9 Å². The van der Waals surface area contributed by atoms with Gasteiger partial charge >= 0.3 is 0 Å². The fourth-order valence-electron chi connectivity index (χ4n) is 2.55. The minimum absolute atomic E-state index is 0.305. The molecule has 29 heavy (non-hydrogen) atoms. The van der Waals surface area contributed by atoms with Gasteiger partial charge in [-0.25, -0.2) is 5.43 Å². The van der Waals surface area contributed by atoms with E-state index in [0.717, 1.165) is 15.8 Å². The number of hydrazone groups is 1. The summed E-state index contributed by atoms with van der Waals surface area (Å²) in [5.74, 6) is 1.76. The molecule has 0 unspecified atom stereocenters. The molecule has 0 heterocycles. The molecule has 148 valence electrons. The van der Waals surface area contributed by atoms with Crippen molar-refractivity contribution in [2.45, 2.75) is 19.4 Å². The SMILES string of the molecule is CC[C@@H](Oc1cccc(Br)c1)C(=O)N/N=C\c1cccc(Oc2ccccc2)c1. The fraction of sp³-hybridized carbons (Fsp3) is 0.130.